The summed E-state index contributed by atoms with van der Waals surface area (Å²) in [6.45, 7) is 9.62. The molecule has 0 radical (unpaired) electrons. The summed E-state index contributed by atoms with van der Waals surface area (Å²) >= 11 is 0. The average molecular weight is 786 g/mol. The molecule has 3 aromatic carbocycles. The number of para-hydroxylation sites is 1. The average Bonchev–Trinajstić information content (AvgIpc) is 3.56. The molecule has 9 atom stereocenters. The van der Waals surface area contributed by atoms with Crippen LogP contribution < -0.4 is 25.6 Å². The van der Waals surface area contributed by atoms with Gasteiger partial charge >= 0.3 is 0 Å². The molecule has 5 N–H and O–H groups in total. The first-order valence-corrected chi connectivity index (χ1v) is 20.4. The van der Waals surface area contributed by atoms with Gasteiger partial charge in [0.25, 0.3) is 5.91 Å². The Morgan fingerprint density at radius 2 is 1.82 bits per heavy atom. The Labute approximate surface area is 338 Å². The number of hydroxylamine groups is 2. The molecule has 2 unspecified atom stereocenters. The monoisotopic (exact) mass is 785 g/mol. The van der Waals surface area contributed by atoms with E-state index < -0.39 is 18.2 Å². The van der Waals surface area contributed by atoms with E-state index in [0.717, 1.165) is 46.2 Å². The van der Waals surface area contributed by atoms with E-state index in [1.807, 2.05) is 84.7 Å². The molecule has 2 bridgehead atoms. The maximum absolute atomic E-state index is 13.9. The van der Waals surface area contributed by atoms with E-state index in [-0.39, 0.29) is 30.4 Å². The number of amides is 2. The minimum atomic E-state index is -0.774. The Hall–Kier alpha value is -4.04. The van der Waals surface area contributed by atoms with Gasteiger partial charge in [0.15, 0.2) is 0 Å². The molecule has 0 aromatic heterocycles. The third-order valence-electron chi connectivity index (χ3n) is 13.1. The Balaban J connectivity index is 1.21. The van der Waals surface area contributed by atoms with E-state index in [9.17, 15) is 19.8 Å². The highest BCUT2D eigenvalue weighted by molar-refractivity contribution is 5.99. The third kappa shape index (κ3) is 9.16. The number of carbonyl (C=O) groups excluding carboxylic acids is 2. The molecular formula is C45H63N5O7. The van der Waals surface area contributed by atoms with Crippen molar-refractivity contribution in [1.29, 1.82) is 0 Å². The minimum absolute atomic E-state index is 0.246. The first kappa shape index (κ1) is 42.6. The fraction of sp³-hybridized carbons (Fsp3) is 0.556. The van der Waals surface area contributed by atoms with Gasteiger partial charge in [0, 0.05) is 61.9 Å². The molecule has 2 amide bonds. The normalized spacial score (nSPS) is 26.2. The van der Waals surface area contributed by atoms with Gasteiger partial charge < -0.3 is 35.2 Å². The summed E-state index contributed by atoms with van der Waals surface area (Å²) < 4.78 is 12.4. The summed E-state index contributed by atoms with van der Waals surface area (Å²) in [6.07, 6.45) is 1.46. The molecule has 7 rings (SSSR count). The maximum Gasteiger partial charge on any atom is 0.252 e. The van der Waals surface area contributed by atoms with Crippen molar-refractivity contribution >= 4 is 17.5 Å². The van der Waals surface area contributed by atoms with E-state index in [1.54, 1.807) is 27.1 Å². The van der Waals surface area contributed by atoms with Gasteiger partial charge in [0.1, 0.15) is 17.9 Å². The molecule has 57 heavy (non-hydrogen) atoms. The Morgan fingerprint density at radius 3 is 2.46 bits per heavy atom. The number of nitrogens with zero attached hydrogens (tertiary/aromatic N) is 2. The zero-order valence-electron chi connectivity index (χ0n) is 34.8. The van der Waals surface area contributed by atoms with Gasteiger partial charge in [-0.15, -0.1) is 0 Å². The number of hydrogen-bond acceptors (Lipinski definition) is 10. The molecule has 1 aliphatic heterocycles. The molecule has 310 valence electrons. The number of likely N-dealkylation sites (N-methyl/N-ethyl adjacent to an activating group) is 1. The molecular weight excluding hydrogens is 723 g/mol. The summed E-state index contributed by atoms with van der Waals surface area (Å²) in [5.41, 5.74) is 4.88. The molecule has 12 nitrogen and oxygen atoms in total. The van der Waals surface area contributed by atoms with E-state index >= 15 is 0 Å². The lowest BCUT2D eigenvalue weighted by Crippen LogP contribution is -2.60. The van der Waals surface area contributed by atoms with Gasteiger partial charge in [-0.1, -0.05) is 69.3 Å². The van der Waals surface area contributed by atoms with Crippen molar-refractivity contribution in [3.8, 4) is 16.9 Å². The van der Waals surface area contributed by atoms with Crippen molar-refractivity contribution in [3.05, 3.63) is 83.4 Å². The number of anilines is 1. The molecule has 3 aromatic rings. The van der Waals surface area contributed by atoms with Crippen molar-refractivity contribution in [2.45, 2.75) is 83.8 Å². The molecule has 1 heterocycles. The van der Waals surface area contributed by atoms with Crippen molar-refractivity contribution < 1.29 is 34.1 Å². The Bertz CT molecular complexity index is 1840. The number of nitrogens with one attached hydrogen (secondary N) is 3. The van der Waals surface area contributed by atoms with Crippen LogP contribution in [0.4, 0.5) is 5.69 Å². The maximum atomic E-state index is 13.9. The van der Waals surface area contributed by atoms with Crippen molar-refractivity contribution in [3.63, 3.8) is 0 Å². The second kappa shape index (κ2) is 18.3. The van der Waals surface area contributed by atoms with Crippen LogP contribution in [0.25, 0.3) is 11.1 Å². The number of aliphatic hydroxyl groups is 2. The smallest absolute Gasteiger partial charge is 0.252 e. The van der Waals surface area contributed by atoms with Crippen LogP contribution >= 0.6 is 0 Å². The number of ether oxygens (including phenoxy) is 2. The summed E-state index contributed by atoms with van der Waals surface area (Å²) in [5, 5.41) is 32.4. The van der Waals surface area contributed by atoms with Gasteiger partial charge in [-0.2, -0.15) is 5.06 Å². The number of benzene rings is 3. The lowest BCUT2D eigenvalue weighted by molar-refractivity contribution is -0.184. The number of rotatable bonds is 17. The lowest BCUT2D eigenvalue weighted by Gasteiger charge is -2.62. The molecule has 4 aliphatic rings. The van der Waals surface area contributed by atoms with E-state index in [1.165, 1.54) is 6.42 Å². The second-order valence-corrected chi connectivity index (χ2v) is 17.1. The standard InChI is InChI=1S/C45H63N5O7/c1-27-36-21-33(45(36,3)4)22-37(27)47-26-56-25-39-41(28(2)52)40(24-51)57-50(39)23-30-15-12-16-35(42(30)55-8)31-18-32(20-34(19-31)49(6)7)43(53)48-38(44(54)46-5)17-29-13-10-9-11-14-29/h9-16,18-20,27-28,33,36-41,47,51-52H,17,21-26H2,1-8H3,(H,46,54)(H,48,53)/t27-,28-,33+,36-,37-,38?,39?,40-,41-/m0/s1. The Kier molecular flexibility index (Phi) is 13.6. The third-order valence-corrected chi connectivity index (χ3v) is 13.1. The summed E-state index contributed by atoms with van der Waals surface area (Å²) in [7, 11) is 7.00. The largest absolute Gasteiger partial charge is 0.496 e. The molecule has 0 spiro atoms. The van der Waals surface area contributed by atoms with Crippen LogP contribution in [-0.2, 0) is 27.3 Å². The summed E-state index contributed by atoms with van der Waals surface area (Å²) in [6, 6.07) is 20.4. The quantitative estimate of drug-likeness (QED) is 0.0972. The first-order valence-electron chi connectivity index (χ1n) is 20.4. The molecule has 1 saturated heterocycles. The van der Waals surface area contributed by atoms with E-state index in [2.05, 4.69) is 36.7 Å². The number of carbonyl (C=O) groups is 2. The minimum Gasteiger partial charge on any atom is -0.496 e. The van der Waals surface area contributed by atoms with Crippen LogP contribution in [0.2, 0.25) is 0 Å². The van der Waals surface area contributed by atoms with Gasteiger partial charge in [-0.25, -0.2) is 0 Å². The predicted octanol–water partition coefficient (Wildman–Crippen LogP) is 4.62. The zero-order valence-corrected chi connectivity index (χ0v) is 34.8. The second-order valence-electron chi connectivity index (χ2n) is 17.1. The number of fused-ring (bicyclic) bond motifs is 2. The summed E-state index contributed by atoms with van der Waals surface area (Å²) in [4.78, 5) is 35.1. The SMILES string of the molecule is CNC(=O)C(Cc1ccccc1)NC(=O)c1cc(-c2cccc(CN3O[C@@H](CO)[C@@H]([C@H](C)O)C3COCN[C@H]3C[C@H]4C[C@@H]([C@@H]3C)C4(C)C)c2OC)cc(N(C)C)c1. The molecule has 12 heteroatoms. The van der Waals surface area contributed by atoms with Crippen LogP contribution in [-0.4, -0.2) is 106 Å². The highest BCUT2D eigenvalue weighted by atomic mass is 16.7. The highest BCUT2D eigenvalue weighted by Gasteiger charge is 2.56. The van der Waals surface area contributed by atoms with Gasteiger partial charge in [0.2, 0.25) is 5.91 Å². The van der Waals surface area contributed by atoms with Crippen LogP contribution in [0.5, 0.6) is 5.75 Å². The predicted molar refractivity (Wildman–Crippen MR) is 222 cm³/mol. The topological polar surface area (TPSA) is 145 Å². The van der Waals surface area contributed by atoms with Crippen LogP contribution in [0.15, 0.2) is 66.7 Å². The van der Waals surface area contributed by atoms with Gasteiger partial charge in [-0.3, -0.25) is 19.7 Å². The molecule has 3 aliphatic carbocycles. The van der Waals surface area contributed by atoms with Crippen molar-refractivity contribution in [1.82, 2.24) is 21.0 Å². The lowest BCUT2D eigenvalue weighted by atomic mass is 9.45. The van der Waals surface area contributed by atoms with Crippen LogP contribution in [0.3, 0.4) is 0 Å². The number of methoxy groups -OCH3 is 1. The highest BCUT2D eigenvalue weighted by Crippen LogP contribution is 2.61. The number of aliphatic hydroxyl groups excluding tert-OH is 2. The Morgan fingerprint density at radius 1 is 1.07 bits per heavy atom. The van der Waals surface area contributed by atoms with Crippen molar-refractivity contribution in [2.75, 3.05) is 53.1 Å². The fourth-order valence-corrected chi connectivity index (χ4v) is 9.64. The van der Waals surface area contributed by atoms with Gasteiger partial charge in [0.05, 0.1) is 45.7 Å². The van der Waals surface area contributed by atoms with Gasteiger partial charge in [-0.05, 0) is 72.3 Å². The first-order chi connectivity index (χ1) is 27.3. The van der Waals surface area contributed by atoms with Crippen molar-refractivity contribution in [2.24, 2.45) is 29.1 Å². The van der Waals surface area contributed by atoms with Crippen LogP contribution in [0.1, 0.15) is 62.0 Å². The summed E-state index contributed by atoms with van der Waals surface area (Å²) in [5.74, 6) is 1.60. The molecule has 3 saturated carbocycles. The van der Waals surface area contributed by atoms with E-state index in [4.69, 9.17) is 14.3 Å². The fourth-order valence-electron chi connectivity index (χ4n) is 9.64. The van der Waals surface area contributed by atoms with E-state index in [0.29, 0.717) is 55.0 Å². The molecule has 4 fully saturated rings. The number of hydrogen-bond donors (Lipinski definition) is 5. The van der Waals surface area contributed by atoms with Crippen LogP contribution in [0, 0.1) is 29.1 Å². The zero-order chi connectivity index (χ0) is 41.0.